The molecule has 0 spiro atoms. The lowest BCUT2D eigenvalue weighted by molar-refractivity contribution is -0.245. The van der Waals surface area contributed by atoms with Gasteiger partial charge in [-0.05, 0) is 0 Å². The van der Waals surface area contributed by atoms with Crippen LogP contribution >= 0.6 is 11.6 Å². The van der Waals surface area contributed by atoms with Crippen LogP contribution in [0.4, 0.5) is 0 Å². The van der Waals surface area contributed by atoms with E-state index in [-0.39, 0.29) is 6.61 Å². The van der Waals surface area contributed by atoms with Crippen LogP contribution in [0.5, 0.6) is 0 Å². The molecule has 3 N–H and O–H groups in total. The van der Waals surface area contributed by atoms with Crippen molar-refractivity contribution in [2.24, 2.45) is 0 Å². The second kappa shape index (κ2) is 4.54. The molecule has 6 heteroatoms. The van der Waals surface area contributed by atoms with Crippen molar-refractivity contribution in [2.75, 3.05) is 13.7 Å². The molecule has 0 radical (unpaired) electrons. The summed E-state index contributed by atoms with van der Waals surface area (Å²) >= 11 is 5.71. The van der Waals surface area contributed by atoms with Crippen LogP contribution < -0.4 is 0 Å². The minimum absolute atomic E-state index is 0.387. The number of ether oxygens (including phenoxy) is 2. The summed E-state index contributed by atoms with van der Waals surface area (Å²) in [6.07, 6.45) is -4.00. The molecule has 1 fully saturated rings. The fraction of sp³-hybridized carbons (Fsp3) is 1.00. The standard InChI is InChI=1S/C7H13ClO5/c1-12-7-4(8)6(11)5(10)3(2-9)13-7/h3-7,9-11H,2H2,1H3/t3-,4+,5-,6-,7-/m1/s1. The molecule has 1 rings (SSSR count). The lowest BCUT2D eigenvalue weighted by Crippen LogP contribution is -2.57. The van der Waals surface area contributed by atoms with Crippen molar-refractivity contribution in [3.05, 3.63) is 0 Å². The van der Waals surface area contributed by atoms with Crippen molar-refractivity contribution in [1.82, 2.24) is 0 Å². The van der Waals surface area contributed by atoms with Gasteiger partial charge >= 0.3 is 0 Å². The molecule has 1 aliphatic heterocycles. The Morgan fingerprint density at radius 1 is 1.38 bits per heavy atom. The molecule has 78 valence electrons. The van der Waals surface area contributed by atoms with Gasteiger partial charge in [0.2, 0.25) is 0 Å². The summed E-state index contributed by atoms with van der Waals surface area (Å²) in [4.78, 5) is 0. The van der Waals surface area contributed by atoms with Crippen LogP contribution in [-0.4, -0.2) is 59.0 Å². The first-order chi connectivity index (χ1) is 6.11. The van der Waals surface area contributed by atoms with Gasteiger partial charge in [-0.15, -0.1) is 11.6 Å². The minimum atomic E-state index is -1.18. The van der Waals surface area contributed by atoms with E-state index in [4.69, 9.17) is 26.2 Å². The van der Waals surface area contributed by atoms with Gasteiger partial charge in [0.05, 0.1) is 6.61 Å². The predicted octanol–water partition coefficient (Wildman–Crippen LogP) is -1.32. The van der Waals surface area contributed by atoms with Crippen molar-refractivity contribution in [1.29, 1.82) is 0 Å². The third-order valence-electron chi connectivity index (χ3n) is 2.04. The number of hydrogen-bond acceptors (Lipinski definition) is 5. The van der Waals surface area contributed by atoms with Crippen LogP contribution in [-0.2, 0) is 9.47 Å². The maximum Gasteiger partial charge on any atom is 0.176 e. The highest BCUT2D eigenvalue weighted by molar-refractivity contribution is 6.21. The molecule has 1 heterocycles. The maximum atomic E-state index is 9.40. The molecule has 5 atom stereocenters. The summed E-state index contributed by atoms with van der Waals surface area (Å²) in [7, 11) is 1.37. The average Bonchev–Trinajstić information content (AvgIpc) is 2.15. The molecular formula is C7H13ClO5. The molecule has 13 heavy (non-hydrogen) atoms. The van der Waals surface area contributed by atoms with Crippen LogP contribution in [0.15, 0.2) is 0 Å². The molecule has 5 nitrogen and oxygen atoms in total. The normalized spacial score (nSPS) is 46.4. The number of hydrogen-bond donors (Lipinski definition) is 3. The molecule has 0 aromatic heterocycles. The highest BCUT2D eigenvalue weighted by Crippen LogP contribution is 2.25. The molecule has 0 aromatic rings. The van der Waals surface area contributed by atoms with Gasteiger partial charge in [0.15, 0.2) is 6.29 Å². The molecule has 0 bridgehead atoms. The van der Waals surface area contributed by atoms with Gasteiger partial charge < -0.3 is 24.8 Å². The highest BCUT2D eigenvalue weighted by atomic mass is 35.5. The fourth-order valence-corrected chi connectivity index (χ4v) is 1.55. The Bertz CT molecular complexity index is 147. The summed E-state index contributed by atoms with van der Waals surface area (Å²) < 4.78 is 9.88. The fourth-order valence-electron chi connectivity index (χ4n) is 1.23. The smallest absolute Gasteiger partial charge is 0.176 e. The van der Waals surface area contributed by atoms with Crippen molar-refractivity contribution in [3.63, 3.8) is 0 Å². The van der Waals surface area contributed by atoms with Crippen LogP contribution in [0.25, 0.3) is 0 Å². The zero-order valence-electron chi connectivity index (χ0n) is 7.13. The van der Waals surface area contributed by atoms with Crippen LogP contribution in [0.1, 0.15) is 0 Å². The Morgan fingerprint density at radius 3 is 2.46 bits per heavy atom. The van der Waals surface area contributed by atoms with Crippen LogP contribution in [0.2, 0.25) is 0 Å². The van der Waals surface area contributed by atoms with Crippen LogP contribution in [0.3, 0.4) is 0 Å². The number of rotatable bonds is 2. The van der Waals surface area contributed by atoms with Gasteiger partial charge in [0.1, 0.15) is 23.7 Å². The van der Waals surface area contributed by atoms with Crippen molar-refractivity contribution in [3.8, 4) is 0 Å². The summed E-state index contributed by atoms with van der Waals surface area (Å²) in [6.45, 7) is -0.387. The molecule has 0 aromatic carbocycles. The summed E-state index contributed by atoms with van der Waals surface area (Å²) in [5.41, 5.74) is 0. The van der Waals surface area contributed by atoms with E-state index in [0.29, 0.717) is 0 Å². The summed E-state index contributed by atoms with van der Waals surface area (Å²) in [5.74, 6) is 0. The number of aliphatic hydroxyl groups is 3. The Morgan fingerprint density at radius 2 is 2.00 bits per heavy atom. The largest absolute Gasteiger partial charge is 0.394 e. The van der Waals surface area contributed by atoms with E-state index in [2.05, 4.69) is 0 Å². The van der Waals surface area contributed by atoms with E-state index in [0.717, 1.165) is 0 Å². The van der Waals surface area contributed by atoms with Gasteiger partial charge in [0, 0.05) is 7.11 Å². The Balaban J connectivity index is 2.66. The van der Waals surface area contributed by atoms with E-state index in [1.165, 1.54) is 7.11 Å². The summed E-state index contributed by atoms with van der Waals surface area (Å²) in [6, 6.07) is 0. The maximum absolute atomic E-state index is 9.40. The lowest BCUT2D eigenvalue weighted by atomic mass is 10.0. The minimum Gasteiger partial charge on any atom is -0.394 e. The van der Waals surface area contributed by atoms with Crippen LogP contribution in [0, 0.1) is 0 Å². The van der Waals surface area contributed by atoms with E-state index < -0.39 is 30.0 Å². The van der Waals surface area contributed by atoms with Gasteiger partial charge in [-0.2, -0.15) is 0 Å². The first-order valence-corrected chi connectivity index (χ1v) is 4.34. The topological polar surface area (TPSA) is 79.2 Å². The highest BCUT2D eigenvalue weighted by Gasteiger charge is 2.43. The van der Waals surface area contributed by atoms with Gasteiger partial charge in [-0.25, -0.2) is 0 Å². The molecule has 0 unspecified atom stereocenters. The van der Waals surface area contributed by atoms with Crippen molar-refractivity contribution < 1.29 is 24.8 Å². The lowest BCUT2D eigenvalue weighted by Gasteiger charge is -2.38. The zero-order chi connectivity index (χ0) is 10.0. The SMILES string of the molecule is CO[C@@H]1O[C@H](CO)[C@@H](O)[C@H](O)[C@@H]1Cl. The second-order valence-electron chi connectivity index (χ2n) is 2.89. The third-order valence-corrected chi connectivity index (χ3v) is 2.50. The Labute approximate surface area is 80.8 Å². The monoisotopic (exact) mass is 212 g/mol. The first kappa shape index (κ1) is 11.2. The quantitative estimate of drug-likeness (QED) is 0.495. The molecule has 0 saturated carbocycles. The van der Waals surface area contributed by atoms with E-state index in [9.17, 15) is 10.2 Å². The average molecular weight is 213 g/mol. The zero-order valence-corrected chi connectivity index (χ0v) is 7.89. The predicted molar refractivity (Wildman–Crippen MR) is 44.4 cm³/mol. The second-order valence-corrected chi connectivity index (χ2v) is 3.39. The van der Waals surface area contributed by atoms with Gasteiger partial charge in [0.25, 0.3) is 0 Å². The van der Waals surface area contributed by atoms with E-state index in [1.54, 1.807) is 0 Å². The number of methoxy groups -OCH3 is 1. The summed E-state index contributed by atoms with van der Waals surface area (Å²) in [5, 5.41) is 26.7. The Hall–Kier alpha value is 0.0900. The molecule has 0 amide bonds. The number of aliphatic hydroxyl groups excluding tert-OH is 3. The van der Waals surface area contributed by atoms with Gasteiger partial charge in [-0.1, -0.05) is 0 Å². The van der Waals surface area contributed by atoms with Crippen molar-refractivity contribution >= 4 is 11.6 Å². The molecule has 1 saturated heterocycles. The van der Waals surface area contributed by atoms with E-state index >= 15 is 0 Å². The van der Waals surface area contributed by atoms with Crippen molar-refractivity contribution in [2.45, 2.75) is 30.0 Å². The van der Waals surface area contributed by atoms with E-state index in [1.807, 2.05) is 0 Å². The third kappa shape index (κ3) is 2.12. The molecule has 0 aliphatic carbocycles. The Kier molecular flexibility index (Phi) is 3.90. The number of alkyl halides is 1. The van der Waals surface area contributed by atoms with Gasteiger partial charge in [-0.3, -0.25) is 0 Å². The first-order valence-electron chi connectivity index (χ1n) is 3.91. The number of halogens is 1. The molecule has 1 aliphatic rings. The molecular weight excluding hydrogens is 200 g/mol.